The number of benzene rings is 2. The molecule has 0 aliphatic heterocycles. The summed E-state index contributed by atoms with van der Waals surface area (Å²) in [4.78, 5) is 27.8. The van der Waals surface area contributed by atoms with E-state index in [0.29, 0.717) is 23.8 Å². The number of hydrogen-bond donors (Lipinski definition) is 0. The third-order valence-electron chi connectivity index (χ3n) is 3.76. The topological polar surface area (TPSA) is 40.6 Å². The highest BCUT2D eigenvalue weighted by Crippen LogP contribution is 2.18. The highest BCUT2D eigenvalue weighted by molar-refractivity contribution is 6.30. The summed E-state index contributed by atoms with van der Waals surface area (Å²) in [6, 6.07) is 16.7. The molecule has 2 aromatic carbocycles. The lowest BCUT2D eigenvalue weighted by Gasteiger charge is -2.26. The molecule has 0 unspecified atom stereocenters. The van der Waals surface area contributed by atoms with Crippen molar-refractivity contribution in [1.82, 2.24) is 4.90 Å². The van der Waals surface area contributed by atoms with Crippen LogP contribution in [0.2, 0.25) is 5.02 Å². The predicted octanol–water partition coefficient (Wildman–Crippen LogP) is 3.74. The Morgan fingerprint density at radius 2 is 1.62 bits per heavy atom. The predicted molar refractivity (Wildman–Crippen MR) is 97.0 cm³/mol. The number of carbonyl (C=O) groups is 2. The second-order valence-corrected chi connectivity index (χ2v) is 5.91. The van der Waals surface area contributed by atoms with Crippen LogP contribution in [0.15, 0.2) is 54.6 Å². The molecule has 0 aliphatic carbocycles. The summed E-state index contributed by atoms with van der Waals surface area (Å²) < 4.78 is 0. The molecule has 2 rings (SSSR count). The Kier molecular flexibility index (Phi) is 6.38. The van der Waals surface area contributed by atoms with E-state index < -0.39 is 0 Å². The highest BCUT2D eigenvalue weighted by atomic mass is 35.5. The fraction of sp³-hybridized carbons (Fsp3) is 0.263. The first kappa shape index (κ1) is 18.0. The van der Waals surface area contributed by atoms with Crippen LogP contribution in [0, 0.1) is 0 Å². The molecule has 2 aromatic rings. The van der Waals surface area contributed by atoms with E-state index in [0.717, 1.165) is 5.56 Å². The van der Waals surface area contributed by atoms with E-state index in [1.54, 1.807) is 29.2 Å². The van der Waals surface area contributed by atoms with E-state index in [9.17, 15) is 9.59 Å². The Balaban J connectivity index is 2.11. The monoisotopic (exact) mass is 344 g/mol. The van der Waals surface area contributed by atoms with Gasteiger partial charge in [-0.15, -0.1) is 0 Å². The van der Waals surface area contributed by atoms with E-state index in [4.69, 9.17) is 11.6 Å². The number of carbonyl (C=O) groups excluding carboxylic acids is 2. The highest BCUT2D eigenvalue weighted by Gasteiger charge is 2.19. The number of nitrogens with zero attached hydrogens (tertiary/aromatic N) is 2. The summed E-state index contributed by atoms with van der Waals surface area (Å²) in [6.07, 6.45) is 0. The number of anilines is 1. The van der Waals surface area contributed by atoms with Gasteiger partial charge in [0.15, 0.2) is 0 Å². The molecule has 0 spiro atoms. The van der Waals surface area contributed by atoms with Crippen molar-refractivity contribution >= 4 is 29.1 Å². The van der Waals surface area contributed by atoms with Gasteiger partial charge in [0.2, 0.25) is 11.8 Å². The number of halogens is 1. The summed E-state index contributed by atoms with van der Waals surface area (Å²) in [6.45, 7) is 4.51. The molecule has 0 atom stereocenters. The molecule has 0 saturated carbocycles. The summed E-state index contributed by atoms with van der Waals surface area (Å²) >= 11 is 5.89. The van der Waals surface area contributed by atoms with Gasteiger partial charge >= 0.3 is 0 Å². The second kappa shape index (κ2) is 8.50. The van der Waals surface area contributed by atoms with Crippen molar-refractivity contribution in [2.75, 3.05) is 18.0 Å². The molecule has 5 heteroatoms. The molecule has 0 heterocycles. The molecule has 0 bridgehead atoms. The van der Waals surface area contributed by atoms with Crippen LogP contribution in [0.25, 0.3) is 0 Å². The van der Waals surface area contributed by atoms with Crippen molar-refractivity contribution in [2.45, 2.75) is 20.4 Å². The van der Waals surface area contributed by atoms with Crippen molar-refractivity contribution in [3.8, 4) is 0 Å². The van der Waals surface area contributed by atoms with Crippen molar-refractivity contribution in [1.29, 1.82) is 0 Å². The molecular weight excluding hydrogens is 324 g/mol. The molecule has 0 N–H and O–H groups in total. The zero-order chi connectivity index (χ0) is 17.5. The zero-order valence-electron chi connectivity index (χ0n) is 13.9. The van der Waals surface area contributed by atoms with Crippen LogP contribution >= 0.6 is 11.6 Å². The Morgan fingerprint density at radius 1 is 1.00 bits per heavy atom. The SMILES string of the molecule is CCN(Cc1ccccc1)C(=O)CN(C(C)=O)c1ccc(Cl)cc1. The number of rotatable bonds is 6. The van der Waals surface area contributed by atoms with Crippen molar-refractivity contribution in [2.24, 2.45) is 0 Å². The van der Waals surface area contributed by atoms with Gasteiger partial charge in [0.1, 0.15) is 6.54 Å². The lowest BCUT2D eigenvalue weighted by atomic mass is 10.2. The summed E-state index contributed by atoms with van der Waals surface area (Å²) in [5.74, 6) is -0.270. The van der Waals surface area contributed by atoms with Crippen LogP contribution in [0.1, 0.15) is 19.4 Å². The molecule has 0 fully saturated rings. The normalized spacial score (nSPS) is 10.3. The Bertz CT molecular complexity index is 686. The smallest absolute Gasteiger partial charge is 0.242 e. The third kappa shape index (κ3) is 4.83. The molecule has 0 aromatic heterocycles. The van der Waals surface area contributed by atoms with E-state index in [-0.39, 0.29) is 18.4 Å². The Morgan fingerprint density at radius 3 is 2.17 bits per heavy atom. The van der Waals surface area contributed by atoms with Crippen LogP contribution in [0.5, 0.6) is 0 Å². The molecule has 0 radical (unpaired) electrons. The van der Waals surface area contributed by atoms with Crippen molar-refractivity contribution < 1.29 is 9.59 Å². The number of amides is 2. The molecule has 2 amide bonds. The Hall–Kier alpha value is -2.33. The first-order valence-electron chi connectivity index (χ1n) is 7.86. The average molecular weight is 345 g/mol. The lowest BCUT2D eigenvalue weighted by molar-refractivity contribution is -0.131. The molecule has 0 aliphatic rings. The first-order valence-corrected chi connectivity index (χ1v) is 8.24. The summed E-state index contributed by atoms with van der Waals surface area (Å²) in [5.41, 5.74) is 1.73. The van der Waals surface area contributed by atoms with Crippen molar-refractivity contribution in [3.05, 3.63) is 65.2 Å². The molecule has 0 saturated heterocycles. The van der Waals surface area contributed by atoms with Crippen LogP contribution in [-0.4, -0.2) is 29.8 Å². The van der Waals surface area contributed by atoms with E-state index in [1.807, 2.05) is 37.3 Å². The van der Waals surface area contributed by atoms with E-state index in [2.05, 4.69) is 0 Å². The van der Waals surface area contributed by atoms with Crippen LogP contribution < -0.4 is 4.90 Å². The standard InChI is InChI=1S/C19H21ClN2O2/c1-3-21(13-16-7-5-4-6-8-16)19(24)14-22(15(2)23)18-11-9-17(20)10-12-18/h4-12H,3,13-14H2,1-2H3. The average Bonchev–Trinajstić information content (AvgIpc) is 2.59. The van der Waals surface area contributed by atoms with Gasteiger partial charge in [-0.05, 0) is 36.8 Å². The quantitative estimate of drug-likeness (QED) is 0.801. The van der Waals surface area contributed by atoms with Crippen LogP contribution in [-0.2, 0) is 16.1 Å². The minimum atomic E-state index is -0.179. The van der Waals surface area contributed by atoms with E-state index >= 15 is 0 Å². The number of likely N-dealkylation sites (N-methyl/N-ethyl adjacent to an activating group) is 1. The maximum atomic E-state index is 12.6. The molecule has 126 valence electrons. The number of hydrogen-bond acceptors (Lipinski definition) is 2. The minimum Gasteiger partial charge on any atom is -0.337 e. The van der Waals surface area contributed by atoms with Gasteiger partial charge in [-0.3, -0.25) is 9.59 Å². The molecule has 24 heavy (non-hydrogen) atoms. The van der Waals surface area contributed by atoms with Gasteiger partial charge in [-0.1, -0.05) is 41.9 Å². The third-order valence-corrected chi connectivity index (χ3v) is 4.01. The summed E-state index contributed by atoms with van der Waals surface area (Å²) in [7, 11) is 0. The van der Waals surface area contributed by atoms with Gasteiger partial charge in [0, 0.05) is 30.7 Å². The zero-order valence-corrected chi connectivity index (χ0v) is 14.7. The maximum absolute atomic E-state index is 12.6. The van der Waals surface area contributed by atoms with Gasteiger partial charge < -0.3 is 9.80 Å². The van der Waals surface area contributed by atoms with Gasteiger partial charge in [-0.2, -0.15) is 0 Å². The maximum Gasteiger partial charge on any atom is 0.242 e. The van der Waals surface area contributed by atoms with Gasteiger partial charge in [0.05, 0.1) is 0 Å². The van der Waals surface area contributed by atoms with Gasteiger partial charge in [-0.25, -0.2) is 0 Å². The second-order valence-electron chi connectivity index (χ2n) is 5.48. The van der Waals surface area contributed by atoms with Gasteiger partial charge in [0.25, 0.3) is 0 Å². The fourth-order valence-electron chi connectivity index (χ4n) is 2.42. The molecular formula is C19H21ClN2O2. The van der Waals surface area contributed by atoms with Crippen LogP contribution in [0.4, 0.5) is 5.69 Å². The largest absolute Gasteiger partial charge is 0.337 e. The molecule has 4 nitrogen and oxygen atoms in total. The lowest BCUT2D eigenvalue weighted by Crippen LogP contribution is -2.42. The summed E-state index contributed by atoms with van der Waals surface area (Å²) in [5, 5.41) is 0.591. The first-order chi connectivity index (χ1) is 11.5. The van der Waals surface area contributed by atoms with Crippen LogP contribution in [0.3, 0.4) is 0 Å². The minimum absolute atomic E-state index is 0.0115. The fourth-order valence-corrected chi connectivity index (χ4v) is 2.55. The van der Waals surface area contributed by atoms with E-state index in [1.165, 1.54) is 11.8 Å². The van der Waals surface area contributed by atoms with Crippen molar-refractivity contribution in [3.63, 3.8) is 0 Å². The Labute approximate surface area is 147 Å².